The lowest BCUT2D eigenvalue weighted by molar-refractivity contribution is -0.153. The molecule has 1 saturated carbocycles. The van der Waals surface area contributed by atoms with Gasteiger partial charge in [0.05, 0.1) is 11.0 Å². The molecule has 0 saturated heterocycles. The van der Waals surface area contributed by atoms with E-state index in [1.807, 2.05) is 0 Å². The molecule has 0 amide bonds. The monoisotopic (exact) mass is 256 g/mol. The van der Waals surface area contributed by atoms with Crippen LogP contribution in [0.3, 0.4) is 0 Å². The summed E-state index contributed by atoms with van der Waals surface area (Å²) in [6, 6.07) is 0. The highest BCUT2D eigenvalue weighted by Crippen LogP contribution is 2.45. The van der Waals surface area contributed by atoms with Crippen molar-refractivity contribution in [2.45, 2.75) is 71.8 Å². The van der Waals surface area contributed by atoms with E-state index >= 15 is 0 Å². The van der Waals surface area contributed by atoms with Crippen LogP contribution in [0.25, 0.3) is 0 Å². The van der Waals surface area contributed by atoms with Gasteiger partial charge in [-0.3, -0.25) is 4.79 Å². The molecule has 0 unspecified atom stereocenters. The SMILES string of the molecule is CC(C)C1CCC(CCC(C)(C)O)(C(=O)O)CC1. The van der Waals surface area contributed by atoms with E-state index in [-0.39, 0.29) is 0 Å². The van der Waals surface area contributed by atoms with E-state index in [0.29, 0.717) is 24.7 Å². The Kier molecular flexibility index (Phi) is 4.82. The summed E-state index contributed by atoms with van der Waals surface area (Å²) in [5, 5.41) is 19.3. The van der Waals surface area contributed by atoms with Gasteiger partial charge in [-0.25, -0.2) is 0 Å². The zero-order valence-electron chi connectivity index (χ0n) is 12.2. The Hall–Kier alpha value is -0.570. The minimum absolute atomic E-state index is 0.561. The first-order valence-electron chi connectivity index (χ1n) is 7.12. The molecule has 0 radical (unpaired) electrons. The Morgan fingerprint density at radius 1 is 1.33 bits per heavy atom. The van der Waals surface area contributed by atoms with Crippen LogP contribution in [0.15, 0.2) is 0 Å². The summed E-state index contributed by atoms with van der Waals surface area (Å²) >= 11 is 0. The molecule has 18 heavy (non-hydrogen) atoms. The van der Waals surface area contributed by atoms with Crippen molar-refractivity contribution < 1.29 is 15.0 Å². The lowest BCUT2D eigenvalue weighted by atomic mass is 9.65. The van der Waals surface area contributed by atoms with Gasteiger partial charge in [-0.05, 0) is 64.2 Å². The molecule has 0 aromatic carbocycles. The first-order chi connectivity index (χ1) is 8.16. The highest BCUT2D eigenvalue weighted by molar-refractivity contribution is 5.74. The predicted molar refractivity (Wildman–Crippen MR) is 72.4 cm³/mol. The number of rotatable bonds is 5. The average Bonchev–Trinajstić information content (AvgIpc) is 2.25. The van der Waals surface area contributed by atoms with E-state index < -0.39 is 17.0 Å². The van der Waals surface area contributed by atoms with E-state index in [4.69, 9.17) is 0 Å². The van der Waals surface area contributed by atoms with Gasteiger partial charge in [0, 0.05) is 0 Å². The molecule has 1 rings (SSSR count). The van der Waals surface area contributed by atoms with Crippen LogP contribution in [0, 0.1) is 17.3 Å². The second kappa shape index (κ2) is 5.60. The Labute approximate surface area is 111 Å². The Bertz CT molecular complexity index is 281. The standard InChI is InChI=1S/C15H28O3/c1-11(2)12-5-7-15(8-6-12,13(16)17)10-9-14(3,4)18/h11-12,18H,5-10H2,1-4H3,(H,16,17). The van der Waals surface area contributed by atoms with Gasteiger partial charge in [0.1, 0.15) is 0 Å². The van der Waals surface area contributed by atoms with E-state index in [1.54, 1.807) is 13.8 Å². The van der Waals surface area contributed by atoms with Crippen molar-refractivity contribution in [3.63, 3.8) is 0 Å². The molecule has 3 nitrogen and oxygen atoms in total. The summed E-state index contributed by atoms with van der Waals surface area (Å²) in [6.45, 7) is 7.94. The van der Waals surface area contributed by atoms with Crippen molar-refractivity contribution in [3.05, 3.63) is 0 Å². The Morgan fingerprint density at radius 3 is 2.17 bits per heavy atom. The third kappa shape index (κ3) is 3.98. The highest BCUT2D eigenvalue weighted by atomic mass is 16.4. The van der Waals surface area contributed by atoms with E-state index in [2.05, 4.69) is 13.8 Å². The van der Waals surface area contributed by atoms with Gasteiger partial charge < -0.3 is 10.2 Å². The van der Waals surface area contributed by atoms with Gasteiger partial charge in [0.25, 0.3) is 0 Å². The molecule has 1 aliphatic rings. The van der Waals surface area contributed by atoms with Crippen LogP contribution < -0.4 is 0 Å². The van der Waals surface area contributed by atoms with Gasteiger partial charge in [-0.15, -0.1) is 0 Å². The fourth-order valence-corrected chi connectivity index (χ4v) is 2.98. The van der Waals surface area contributed by atoms with Crippen LogP contribution in [0.4, 0.5) is 0 Å². The predicted octanol–water partition coefficient (Wildman–Crippen LogP) is 3.45. The molecule has 1 fully saturated rings. The van der Waals surface area contributed by atoms with Crippen molar-refractivity contribution in [1.82, 2.24) is 0 Å². The van der Waals surface area contributed by atoms with Crippen molar-refractivity contribution in [2.24, 2.45) is 17.3 Å². The van der Waals surface area contributed by atoms with Crippen LogP contribution in [0.1, 0.15) is 66.2 Å². The summed E-state index contributed by atoms with van der Waals surface area (Å²) < 4.78 is 0. The molecule has 2 N–H and O–H groups in total. The average molecular weight is 256 g/mol. The number of aliphatic hydroxyl groups is 1. The van der Waals surface area contributed by atoms with Gasteiger partial charge in [0.2, 0.25) is 0 Å². The van der Waals surface area contributed by atoms with Crippen molar-refractivity contribution in [1.29, 1.82) is 0 Å². The quantitative estimate of drug-likeness (QED) is 0.792. The van der Waals surface area contributed by atoms with Gasteiger partial charge >= 0.3 is 5.97 Å². The second-order valence-electron chi connectivity index (χ2n) is 6.98. The van der Waals surface area contributed by atoms with Crippen molar-refractivity contribution >= 4 is 5.97 Å². The summed E-state index contributed by atoms with van der Waals surface area (Å²) in [6.07, 6.45) is 4.70. The number of aliphatic carboxylic acids is 1. The first-order valence-corrected chi connectivity index (χ1v) is 7.12. The summed E-state index contributed by atoms with van der Waals surface area (Å²) in [5.41, 5.74) is -1.36. The maximum atomic E-state index is 11.6. The Balaban J connectivity index is 2.65. The van der Waals surface area contributed by atoms with E-state index in [9.17, 15) is 15.0 Å². The van der Waals surface area contributed by atoms with Crippen LogP contribution in [-0.2, 0) is 4.79 Å². The molecule has 106 valence electrons. The molecule has 3 heteroatoms. The van der Waals surface area contributed by atoms with Crippen LogP contribution in [0.2, 0.25) is 0 Å². The molecular formula is C15H28O3. The number of hydrogen-bond donors (Lipinski definition) is 2. The molecule has 0 aliphatic heterocycles. The molecule has 0 spiro atoms. The minimum atomic E-state index is -0.767. The van der Waals surface area contributed by atoms with Gasteiger partial charge in [-0.1, -0.05) is 13.8 Å². The van der Waals surface area contributed by atoms with Gasteiger partial charge in [0.15, 0.2) is 0 Å². The topological polar surface area (TPSA) is 57.5 Å². The first kappa shape index (κ1) is 15.5. The fourth-order valence-electron chi connectivity index (χ4n) is 2.98. The largest absolute Gasteiger partial charge is 0.481 e. The van der Waals surface area contributed by atoms with E-state index in [0.717, 1.165) is 25.7 Å². The molecule has 0 heterocycles. The maximum absolute atomic E-state index is 11.6. The zero-order valence-corrected chi connectivity index (χ0v) is 12.2. The Morgan fingerprint density at radius 2 is 1.83 bits per heavy atom. The van der Waals surface area contributed by atoms with Crippen LogP contribution in [0.5, 0.6) is 0 Å². The number of hydrogen-bond acceptors (Lipinski definition) is 2. The number of carboxylic acids is 1. The molecule has 0 aromatic rings. The van der Waals surface area contributed by atoms with E-state index in [1.165, 1.54) is 0 Å². The van der Waals surface area contributed by atoms with Crippen LogP contribution >= 0.6 is 0 Å². The normalized spacial score (nSPS) is 29.6. The smallest absolute Gasteiger partial charge is 0.309 e. The fraction of sp³-hybridized carbons (Fsp3) is 0.933. The number of carboxylic acid groups (broad SMARTS) is 1. The lowest BCUT2D eigenvalue weighted by Gasteiger charge is -2.39. The lowest BCUT2D eigenvalue weighted by Crippen LogP contribution is -2.38. The van der Waals surface area contributed by atoms with Crippen molar-refractivity contribution in [2.75, 3.05) is 0 Å². The zero-order chi connectivity index (χ0) is 14.0. The molecule has 0 aromatic heterocycles. The summed E-state index contributed by atoms with van der Waals surface area (Å²) in [5.74, 6) is 0.639. The molecule has 0 atom stereocenters. The van der Waals surface area contributed by atoms with Crippen molar-refractivity contribution in [3.8, 4) is 0 Å². The third-order valence-corrected chi connectivity index (χ3v) is 4.60. The third-order valence-electron chi connectivity index (χ3n) is 4.60. The molecule has 0 bridgehead atoms. The minimum Gasteiger partial charge on any atom is -0.481 e. The molecular weight excluding hydrogens is 228 g/mol. The van der Waals surface area contributed by atoms with Gasteiger partial charge in [-0.2, -0.15) is 0 Å². The van der Waals surface area contributed by atoms with Crippen LogP contribution in [-0.4, -0.2) is 21.8 Å². The summed E-state index contributed by atoms with van der Waals surface area (Å²) in [4.78, 5) is 11.6. The maximum Gasteiger partial charge on any atom is 0.309 e. The summed E-state index contributed by atoms with van der Waals surface area (Å²) in [7, 11) is 0. The highest BCUT2D eigenvalue weighted by Gasteiger charge is 2.42. The second-order valence-corrected chi connectivity index (χ2v) is 6.98. The molecule has 1 aliphatic carbocycles. The number of carbonyl (C=O) groups is 1.